The molecule has 0 atom stereocenters. The molecule has 0 saturated carbocycles. The Hall–Kier alpha value is -1.31. The summed E-state index contributed by atoms with van der Waals surface area (Å²) in [5.74, 6) is 0. The van der Waals surface area contributed by atoms with E-state index in [1.165, 1.54) is 25.0 Å². The quantitative estimate of drug-likeness (QED) is 0.719. The molecule has 2 heteroatoms. The van der Waals surface area contributed by atoms with Gasteiger partial charge >= 0.3 is 0 Å². The van der Waals surface area contributed by atoms with E-state index in [2.05, 4.69) is 16.4 Å². The van der Waals surface area contributed by atoms with E-state index < -0.39 is 0 Å². The third-order valence-corrected chi connectivity index (χ3v) is 2.01. The van der Waals surface area contributed by atoms with Crippen molar-refractivity contribution in [2.24, 2.45) is 0 Å². The van der Waals surface area contributed by atoms with Gasteiger partial charge in [0.2, 0.25) is 0 Å². The number of nitrogens with one attached hydrogen (secondary N) is 1. The maximum absolute atomic E-state index is 4.04. The number of aromatic nitrogens is 1. The summed E-state index contributed by atoms with van der Waals surface area (Å²) in [6.45, 7) is 0. The van der Waals surface area contributed by atoms with Gasteiger partial charge in [0.25, 0.3) is 0 Å². The van der Waals surface area contributed by atoms with Crippen LogP contribution in [0.3, 0.4) is 0 Å². The Kier molecular flexibility index (Phi) is 2.08. The second-order valence-electron chi connectivity index (χ2n) is 2.99. The summed E-state index contributed by atoms with van der Waals surface area (Å²) in [6, 6.07) is 3.98. The molecule has 1 aromatic rings. The number of anilines is 1. The average Bonchev–Trinajstić information content (AvgIpc) is 2.59. The second kappa shape index (κ2) is 3.39. The zero-order valence-electron chi connectivity index (χ0n) is 6.96. The number of hydrogen-bond acceptors (Lipinski definition) is 2. The van der Waals surface area contributed by atoms with Gasteiger partial charge in [-0.25, -0.2) is 0 Å². The van der Waals surface area contributed by atoms with Gasteiger partial charge in [0.15, 0.2) is 0 Å². The summed E-state index contributed by atoms with van der Waals surface area (Å²) in [5.41, 5.74) is 2.42. The van der Waals surface area contributed by atoms with Crippen molar-refractivity contribution in [1.82, 2.24) is 4.98 Å². The molecule has 0 amide bonds. The van der Waals surface area contributed by atoms with Crippen LogP contribution >= 0.6 is 0 Å². The Morgan fingerprint density at radius 2 is 2.42 bits per heavy atom. The third-order valence-electron chi connectivity index (χ3n) is 2.01. The molecule has 0 aromatic carbocycles. The lowest BCUT2D eigenvalue weighted by Crippen LogP contribution is -1.95. The van der Waals surface area contributed by atoms with Crippen LogP contribution in [0.1, 0.15) is 19.3 Å². The summed E-state index contributed by atoms with van der Waals surface area (Å²) in [4.78, 5) is 4.04. The first kappa shape index (κ1) is 7.35. The second-order valence-corrected chi connectivity index (χ2v) is 2.99. The molecule has 0 saturated heterocycles. The van der Waals surface area contributed by atoms with Crippen molar-refractivity contribution in [1.29, 1.82) is 0 Å². The van der Waals surface area contributed by atoms with Crippen molar-refractivity contribution < 1.29 is 0 Å². The zero-order chi connectivity index (χ0) is 8.23. The Bertz CT molecular complexity index is 277. The van der Waals surface area contributed by atoms with Crippen LogP contribution < -0.4 is 5.32 Å². The Morgan fingerprint density at radius 3 is 3.08 bits per heavy atom. The third kappa shape index (κ3) is 1.64. The summed E-state index contributed by atoms with van der Waals surface area (Å²) in [5, 5.41) is 3.34. The summed E-state index contributed by atoms with van der Waals surface area (Å²) < 4.78 is 0. The van der Waals surface area contributed by atoms with Gasteiger partial charge in [-0.1, -0.05) is 6.08 Å². The van der Waals surface area contributed by atoms with Crippen molar-refractivity contribution in [3.63, 3.8) is 0 Å². The van der Waals surface area contributed by atoms with Crippen molar-refractivity contribution in [2.75, 3.05) is 5.32 Å². The molecule has 0 bridgehead atoms. The number of nitrogens with zero attached hydrogens (tertiary/aromatic N) is 1. The molecule has 1 aromatic heterocycles. The molecule has 0 spiro atoms. The van der Waals surface area contributed by atoms with Gasteiger partial charge in [-0.05, 0) is 31.4 Å². The summed E-state index contributed by atoms with van der Waals surface area (Å²) in [7, 11) is 0. The standard InChI is InChI=1S/C10H12N2/c1-2-5-9(4-1)12-10-6-3-7-11-8-10/h3-4,6-8,12H,1-2,5H2. The lowest BCUT2D eigenvalue weighted by atomic mass is 10.3. The van der Waals surface area contributed by atoms with Gasteiger partial charge in [-0.2, -0.15) is 0 Å². The number of pyridine rings is 1. The molecule has 0 fully saturated rings. The van der Waals surface area contributed by atoms with E-state index in [1.807, 2.05) is 18.3 Å². The minimum Gasteiger partial charge on any atom is -0.358 e. The maximum Gasteiger partial charge on any atom is 0.0568 e. The first-order valence-electron chi connectivity index (χ1n) is 4.31. The number of allylic oxidation sites excluding steroid dienone is 2. The molecule has 62 valence electrons. The van der Waals surface area contributed by atoms with E-state index in [0.717, 1.165) is 5.69 Å². The van der Waals surface area contributed by atoms with Crippen LogP contribution in [0.5, 0.6) is 0 Å². The van der Waals surface area contributed by atoms with E-state index >= 15 is 0 Å². The highest BCUT2D eigenvalue weighted by molar-refractivity contribution is 5.46. The average molecular weight is 160 g/mol. The molecule has 0 radical (unpaired) electrons. The number of hydrogen-bond donors (Lipinski definition) is 1. The van der Waals surface area contributed by atoms with Crippen LogP contribution in [0.25, 0.3) is 0 Å². The summed E-state index contributed by atoms with van der Waals surface area (Å²) >= 11 is 0. The Morgan fingerprint density at radius 1 is 1.42 bits per heavy atom. The Labute approximate surface area is 72.3 Å². The van der Waals surface area contributed by atoms with Gasteiger partial charge in [0.05, 0.1) is 11.9 Å². The molecule has 0 unspecified atom stereocenters. The van der Waals surface area contributed by atoms with E-state index in [1.54, 1.807) is 6.20 Å². The lowest BCUT2D eigenvalue weighted by molar-refractivity contribution is 0.908. The van der Waals surface area contributed by atoms with Gasteiger partial charge in [-0.15, -0.1) is 0 Å². The fourth-order valence-electron chi connectivity index (χ4n) is 1.41. The Balaban J connectivity index is 2.04. The molecule has 1 heterocycles. The first-order chi connectivity index (χ1) is 5.95. The molecule has 0 aliphatic heterocycles. The van der Waals surface area contributed by atoms with Crippen molar-refractivity contribution in [3.05, 3.63) is 36.3 Å². The van der Waals surface area contributed by atoms with Gasteiger partial charge in [0, 0.05) is 11.9 Å². The van der Waals surface area contributed by atoms with E-state index in [0.29, 0.717) is 0 Å². The molecule has 12 heavy (non-hydrogen) atoms. The minimum absolute atomic E-state index is 1.09. The van der Waals surface area contributed by atoms with Crippen LogP contribution in [0, 0.1) is 0 Å². The van der Waals surface area contributed by atoms with Crippen LogP contribution in [0.15, 0.2) is 36.3 Å². The normalized spacial score (nSPS) is 15.8. The van der Waals surface area contributed by atoms with Crippen LogP contribution in [0.2, 0.25) is 0 Å². The highest BCUT2D eigenvalue weighted by Gasteiger charge is 2.03. The van der Waals surface area contributed by atoms with Gasteiger partial charge < -0.3 is 5.32 Å². The van der Waals surface area contributed by atoms with Gasteiger partial charge in [0.1, 0.15) is 0 Å². The van der Waals surface area contributed by atoms with Crippen LogP contribution in [-0.4, -0.2) is 4.98 Å². The molecule has 1 aliphatic carbocycles. The number of rotatable bonds is 2. The van der Waals surface area contributed by atoms with Crippen molar-refractivity contribution in [2.45, 2.75) is 19.3 Å². The molecule has 1 aliphatic rings. The topological polar surface area (TPSA) is 24.9 Å². The van der Waals surface area contributed by atoms with E-state index in [4.69, 9.17) is 0 Å². The van der Waals surface area contributed by atoms with E-state index in [9.17, 15) is 0 Å². The summed E-state index contributed by atoms with van der Waals surface area (Å²) in [6.07, 6.45) is 9.56. The SMILES string of the molecule is C1=C(Nc2cccnc2)CCC1. The minimum atomic E-state index is 1.09. The highest BCUT2D eigenvalue weighted by atomic mass is 14.9. The molecular weight excluding hydrogens is 148 g/mol. The smallest absolute Gasteiger partial charge is 0.0568 e. The predicted octanol–water partition coefficient (Wildman–Crippen LogP) is 2.56. The molecule has 2 rings (SSSR count). The molecule has 1 N–H and O–H groups in total. The van der Waals surface area contributed by atoms with Crippen molar-refractivity contribution in [3.8, 4) is 0 Å². The predicted molar refractivity (Wildman–Crippen MR) is 49.8 cm³/mol. The van der Waals surface area contributed by atoms with E-state index in [-0.39, 0.29) is 0 Å². The zero-order valence-corrected chi connectivity index (χ0v) is 6.96. The van der Waals surface area contributed by atoms with Crippen molar-refractivity contribution >= 4 is 5.69 Å². The molecular formula is C10H12N2. The largest absolute Gasteiger partial charge is 0.358 e. The fraction of sp³-hybridized carbons (Fsp3) is 0.300. The maximum atomic E-state index is 4.04. The highest BCUT2D eigenvalue weighted by Crippen LogP contribution is 2.19. The first-order valence-corrected chi connectivity index (χ1v) is 4.31. The molecule has 2 nitrogen and oxygen atoms in total. The lowest BCUT2D eigenvalue weighted by Gasteiger charge is -2.04. The van der Waals surface area contributed by atoms with Gasteiger partial charge in [-0.3, -0.25) is 4.98 Å². The monoisotopic (exact) mass is 160 g/mol. The van der Waals surface area contributed by atoms with Crippen LogP contribution in [0.4, 0.5) is 5.69 Å². The van der Waals surface area contributed by atoms with Crippen LogP contribution in [-0.2, 0) is 0 Å². The fourth-order valence-corrected chi connectivity index (χ4v) is 1.41.